The first-order valence-electron chi connectivity index (χ1n) is 5.67. The Bertz CT molecular complexity index is 633. The van der Waals surface area contributed by atoms with E-state index in [0.29, 0.717) is 16.5 Å². The average molecular weight is 231 g/mol. The minimum absolute atomic E-state index is 0.0185. The number of hydrogen-bond donors (Lipinski definition) is 2. The van der Waals surface area contributed by atoms with Crippen molar-refractivity contribution in [1.82, 2.24) is 4.98 Å². The quantitative estimate of drug-likeness (QED) is 0.732. The maximum Gasteiger partial charge on any atom is 0.255 e. The molecule has 0 spiro atoms. The molecule has 0 aliphatic carbocycles. The largest absolute Gasteiger partial charge is 0.507 e. The van der Waals surface area contributed by atoms with Gasteiger partial charge in [-0.05, 0) is 30.0 Å². The average Bonchev–Trinajstić information content (AvgIpc) is 2.24. The second-order valence-corrected chi connectivity index (χ2v) is 5.44. The molecule has 2 aromatic rings. The molecule has 0 amide bonds. The maximum absolute atomic E-state index is 11.5. The summed E-state index contributed by atoms with van der Waals surface area (Å²) in [6.45, 7) is 7.97. The van der Waals surface area contributed by atoms with Crippen LogP contribution in [-0.4, -0.2) is 10.1 Å². The highest BCUT2D eigenvalue weighted by Crippen LogP contribution is 2.30. The van der Waals surface area contributed by atoms with E-state index >= 15 is 0 Å². The number of hydrogen-bond acceptors (Lipinski definition) is 2. The number of aromatic amines is 1. The second-order valence-electron chi connectivity index (χ2n) is 5.44. The minimum Gasteiger partial charge on any atom is -0.507 e. The summed E-state index contributed by atoms with van der Waals surface area (Å²) >= 11 is 0. The lowest BCUT2D eigenvalue weighted by atomic mass is 9.86. The van der Waals surface area contributed by atoms with Crippen molar-refractivity contribution in [2.45, 2.75) is 33.1 Å². The molecule has 0 radical (unpaired) electrons. The van der Waals surface area contributed by atoms with Crippen LogP contribution in [0.4, 0.5) is 0 Å². The first-order valence-corrected chi connectivity index (χ1v) is 5.67. The van der Waals surface area contributed by atoms with Gasteiger partial charge in [0, 0.05) is 5.39 Å². The number of nitrogens with one attached hydrogen (secondary N) is 1. The SMILES string of the molecule is Cc1c(O)c2cc(C(C)(C)C)ccc2[nH]c1=O. The smallest absolute Gasteiger partial charge is 0.255 e. The fraction of sp³-hybridized carbons (Fsp3) is 0.357. The minimum atomic E-state index is -0.237. The van der Waals surface area contributed by atoms with E-state index in [1.54, 1.807) is 6.92 Å². The summed E-state index contributed by atoms with van der Waals surface area (Å²) < 4.78 is 0. The number of aromatic nitrogens is 1. The highest BCUT2D eigenvalue weighted by atomic mass is 16.3. The molecule has 1 aromatic carbocycles. The fourth-order valence-electron chi connectivity index (χ4n) is 1.84. The van der Waals surface area contributed by atoms with Crippen LogP contribution in [0.5, 0.6) is 5.75 Å². The molecule has 1 heterocycles. The molecule has 2 rings (SSSR count). The predicted molar refractivity (Wildman–Crippen MR) is 69.7 cm³/mol. The normalized spacial score (nSPS) is 12.0. The van der Waals surface area contributed by atoms with Crippen molar-refractivity contribution in [3.05, 3.63) is 39.7 Å². The van der Waals surface area contributed by atoms with E-state index in [4.69, 9.17) is 0 Å². The van der Waals surface area contributed by atoms with Crippen molar-refractivity contribution in [2.24, 2.45) is 0 Å². The van der Waals surface area contributed by atoms with Crippen LogP contribution in [0.1, 0.15) is 31.9 Å². The van der Waals surface area contributed by atoms with Crippen molar-refractivity contribution < 1.29 is 5.11 Å². The van der Waals surface area contributed by atoms with Crippen molar-refractivity contribution in [2.75, 3.05) is 0 Å². The molecule has 0 aliphatic rings. The predicted octanol–water partition coefficient (Wildman–Crippen LogP) is 2.84. The number of H-pyrrole nitrogens is 1. The lowest BCUT2D eigenvalue weighted by Crippen LogP contribution is -2.12. The van der Waals surface area contributed by atoms with E-state index in [0.717, 1.165) is 5.56 Å². The van der Waals surface area contributed by atoms with Gasteiger partial charge in [0.05, 0.1) is 11.1 Å². The van der Waals surface area contributed by atoms with Gasteiger partial charge in [0.15, 0.2) is 0 Å². The zero-order valence-corrected chi connectivity index (χ0v) is 10.6. The van der Waals surface area contributed by atoms with Gasteiger partial charge in [0.1, 0.15) is 5.75 Å². The van der Waals surface area contributed by atoms with E-state index in [1.807, 2.05) is 18.2 Å². The van der Waals surface area contributed by atoms with Gasteiger partial charge in [-0.25, -0.2) is 0 Å². The molecule has 17 heavy (non-hydrogen) atoms. The molecular formula is C14H17NO2. The molecule has 0 saturated heterocycles. The van der Waals surface area contributed by atoms with Crippen molar-refractivity contribution in [3.8, 4) is 5.75 Å². The van der Waals surface area contributed by atoms with Gasteiger partial charge in [-0.15, -0.1) is 0 Å². The highest BCUT2D eigenvalue weighted by molar-refractivity contribution is 5.86. The topological polar surface area (TPSA) is 53.1 Å². The van der Waals surface area contributed by atoms with Crippen molar-refractivity contribution in [3.63, 3.8) is 0 Å². The van der Waals surface area contributed by atoms with Crippen LogP contribution in [0, 0.1) is 6.92 Å². The van der Waals surface area contributed by atoms with E-state index in [1.165, 1.54) is 0 Å². The lowest BCUT2D eigenvalue weighted by molar-refractivity contribution is 0.476. The Morgan fingerprint density at radius 1 is 1.24 bits per heavy atom. The molecule has 0 saturated carbocycles. The monoisotopic (exact) mass is 231 g/mol. The molecule has 1 aromatic heterocycles. The maximum atomic E-state index is 11.5. The van der Waals surface area contributed by atoms with Crippen molar-refractivity contribution in [1.29, 1.82) is 0 Å². The molecule has 3 nitrogen and oxygen atoms in total. The number of pyridine rings is 1. The third-order valence-electron chi connectivity index (χ3n) is 3.08. The van der Waals surface area contributed by atoms with Crippen molar-refractivity contribution >= 4 is 10.9 Å². The molecular weight excluding hydrogens is 214 g/mol. The summed E-state index contributed by atoms with van der Waals surface area (Å²) in [4.78, 5) is 14.3. The number of aromatic hydroxyl groups is 1. The zero-order valence-electron chi connectivity index (χ0n) is 10.6. The molecule has 3 heteroatoms. The Balaban J connectivity index is 2.82. The Hall–Kier alpha value is -1.77. The number of rotatable bonds is 0. The van der Waals surface area contributed by atoms with Gasteiger partial charge in [-0.1, -0.05) is 26.8 Å². The third-order valence-corrected chi connectivity index (χ3v) is 3.08. The summed E-state index contributed by atoms with van der Waals surface area (Å²) in [6, 6.07) is 5.76. The van der Waals surface area contributed by atoms with Gasteiger partial charge in [0.2, 0.25) is 0 Å². The van der Waals surface area contributed by atoms with Crippen LogP contribution in [0.3, 0.4) is 0 Å². The first-order chi connectivity index (χ1) is 7.80. The third kappa shape index (κ3) is 1.93. The van der Waals surface area contributed by atoms with E-state index in [2.05, 4.69) is 25.8 Å². The standard InChI is InChI=1S/C14H17NO2/c1-8-12(16)10-7-9(14(2,3)4)5-6-11(10)15-13(8)17/h5-7H,1-4H3,(H2,15,16,17). The van der Waals surface area contributed by atoms with Crippen LogP contribution in [0.15, 0.2) is 23.0 Å². The van der Waals surface area contributed by atoms with E-state index in [-0.39, 0.29) is 16.7 Å². The van der Waals surface area contributed by atoms with Gasteiger partial charge >= 0.3 is 0 Å². The zero-order chi connectivity index (χ0) is 12.8. The highest BCUT2D eigenvalue weighted by Gasteiger charge is 2.16. The summed E-state index contributed by atoms with van der Waals surface area (Å²) in [7, 11) is 0. The van der Waals surface area contributed by atoms with Crippen LogP contribution in [0.2, 0.25) is 0 Å². The molecule has 90 valence electrons. The van der Waals surface area contributed by atoms with Gasteiger partial charge in [0.25, 0.3) is 5.56 Å². The lowest BCUT2D eigenvalue weighted by Gasteiger charge is -2.19. The molecule has 0 atom stereocenters. The van der Waals surface area contributed by atoms with Gasteiger partial charge in [-0.3, -0.25) is 4.79 Å². The van der Waals surface area contributed by atoms with Crippen LogP contribution >= 0.6 is 0 Å². The van der Waals surface area contributed by atoms with Gasteiger partial charge < -0.3 is 10.1 Å². The van der Waals surface area contributed by atoms with Gasteiger partial charge in [-0.2, -0.15) is 0 Å². The number of fused-ring (bicyclic) bond motifs is 1. The molecule has 0 aliphatic heterocycles. The summed E-state index contributed by atoms with van der Waals surface area (Å²) in [5.41, 5.74) is 1.95. The molecule has 0 fully saturated rings. The molecule has 0 bridgehead atoms. The molecule has 0 unspecified atom stereocenters. The van der Waals surface area contributed by atoms with Crippen LogP contribution in [-0.2, 0) is 5.41 Å². The van der Waals surface area contributed by atoms with Crippen LogP contribution in [0.25, 0.3) is 10.9 Å². The van der Waals surface area contributed by atoms with E-state index in [9.17, 15) is 9.90 Å². The Kier molecular flexibility index (Phi) is 2.49. The summed E-state index contributed by atoms with van der Waals surface area (Å²) in [5, 5.41) is 10.7. The Morgan fingerprint density at radius 3 is 2.47 bits per heavy atom. The Labute approximate surface area is 100 Å². The summed E-state index contributed by atoms with van der Waals surface area (Å²) in [6.07, 6.45) is 0. The Morgan fingerprint density at radius 2 is 1.88 bits per heavy atom. The summed E-state index contributed by atoms with van der Waals surface area (Å²) in [5.74, 6) is 0.0786. The van der Waals surface area contributed by atoms with E-state index < -0.39 is 0 Å². The number of benzene rings is 1. The fourth-order valence-corrected chi connectivity index (χ4v) is 1.84. The second kappa shape index (κ2) is 3.62. The first kappa shape index (κ1) is 11.7. The molecule has 2 N–H and O–H groups in total. The van der Waals surface area contributed by atoms with Crippen LogP contribution < -0.4 is 5.56 Å².